The minimum absolute atomic E-state index is 0.150. The Hall–Kier alpha value is -1.72. The Kier molecular flexibility index (Phi) is 4.44. The zero-order valence-electron chi connectivity index (χ0n) is 12.1. The SMILES string of the molecule is COc1ccc(C(C)(O)c2ccc(O)cc2)c(OC)c1Br. The third-order valence-corrected chi connectivity index (χ3v) is 4.19. The quantitative estimate of drug-likeness (QED) is 0.884. The van der Waals surface area contributed by atoms with Crippen molar-refractivity contribution >= 4 is 15.9 Å². The standard InChI is InChI=1S/C16H17BrO4/c1-16(19,10-4-6-11(18)7-5-10)12-8-9-13(20-2)14(17)15(12)21-3/h4-9,18-19H,1-3H3. The third kappa shape index (κ3) is 2.84. The van der Waals surface area contributed by atoms with Crippen molar-refractivity contribution in [2.24, 2.45) is 0 Å². The van der Waals surface area contributed by atoms with Gasteiger partial charge in [0, 0.05) is 5.56 Å². The first-order chi connectivity index (χ1) is 9.91. The van der Waals surface area contributed by atoms with Crippen LogP contribution in [0.15, 0.2) is 40.9 Å². The summed E-state index contributed by atoms with van der Waals surface area (Å²) >= 11 is 3.43. The smallest absolute Gasteiger partial charge is 0.143 e. The lowest BCUT2D eigenvalue weighted by atomic mass is 9.87. The molecule has 0 fully saturated rings. The van der Waals surface area contributed by atoms with Gasteiger partial charge < -0.3 is 19.7 Å². The Morgan fingerprint density at radius 3 is 2.14 bits per heavy atom. The molecule has 0 saturated carbocycles. The highest BCUT2D eigenvalue weighted by Gasteiger charge is 2.31. The monoisotopic (exact) mass is 352 g/mol. The van der Waals surface area contributed by atoms with E-state index in [2.05, 4.69) is 15.9 Å². The number of halogens is 1. The first-order valence-corrected chi connectivity index (χ1v) is 7.14. The Balaban J connectivity index is 2.59. The molecule has 0 aliphatic carbocycles. The van der Waals surface area contributed by atoms with Crippen LogP contribution in [-0.4, -0.2) is 24.4 Å². The summed E-state index contributed by atoms with van der Waals surface area (Å²) in [5.41, 5.74) is -0.0209. The van der Waals surface area contributed by atoms with Gasteiger partial charge >= 0.3 is 0 Å². The van der Waals surface area contributed by atoms with Crippen LogP contribution in [0.1, 0.15) is 18.1 Å². The topological polar surface area (TPSA) is 58.9 Å². The number of aromatic hydroxyl groups is 1. The summed E-state index contributed by atoms with van der Waals surface area (Å²) in [6, 6.07) is 9.94. The van der Waals surface area contributed by atoms with Gasteiger partial charge in [-0.3, -0.25) is 0 Å². The molecule has 2 aromatic carbocycles. The number of methoxy groups -OCH3 is 2. The number of phenols is 1. The number of benzene rings is 2. The van der Waals surface area contributed by atoms with E-state index in [0.717, 1.165) is 0 Å². The van der Waals surface area contributed by atoms with E-state index in [9.17, 15) is 10.2 Å². The fourth-order valence-electron chi connectivity index (χ4n) is 2.22. The van der Waals surface area contributed by atoms with Gasteiger partial charge in [0.15, 0.2) is 0 Å². The summed E-state index contributed by atoms with van der Waals surface area (Å²) < 4.78 is 11.3. The van der Waals surface area contributed by atoms with Gasteiger partial charge in [0.1, 0.15) is 27.3 Å². The highest BCUT2D eigenvalue weighted by atomic mass is 79.9. The van der Waals surface area contributed by atoms with E-state index in [1.54, 1.807) is 38.3 Å². The van der Waals surface area contributed by atoms with E-state index in [1.807, 2.05) is 0 Å². The molecule has 4 nitrogen and oxygen atoms in total. The largest absolute Gasteiger partial charge is 0.508 e. The number of ether oxygens (including phenoxy) is 2. The Morgan fingerprint density at radius 2 is 1.62 bits per heavy atom. The highest BCUT2D eigenvalue weighted by molar-refractivity contribution is 9.10. The molecule has 1 atom stereocenters. The summed E-state index contributed by atoms with van der Waals surface area (Å²) in [4.78, 5) is 0. The predicted molar refractivity (Wildman–Crippen MR) is 84.0 cm³/mol. The van der Waals surface area contributed by atoms with Crippen molar-refractivity contribution in [3.05, 3.63) is 52.0 Å². The summed E-state index contributed by atoms with van der Waals surface area (Å²) in [5.74, 6) is 1.28. The number of aliphatic hydroxyl groups is 1. The molecule has 2 rings (SSSR count). The maximum absolute atomic E-state index is 10.9. The average Bonchev–Trinajstić information content (AvgIpc) is 2.47. The molecular formula is C16H17BrO4. The predicted octanol–water partition coefficient (Wildman–Crippen LogP) is 3.43. The van der Waals surface area contributed by atoms with Gasteiger partial charge in [0.05, 0.1) is 14.2 Å². The van der Waals surface area contributed by atoms with Gasteiger partial charge in [0.25, 0.3) is 0 Å². The number of rotatable bonds is 4. The molecule has 0 aliphatic rings. The second-order valence-corrected chi connectivity index (χ2v) is 5.57. The van der Waals surface area contributed by atoms with Crippen LogP contribution in [0.2, 0.25) is 0 Å². The molecule has 1 unspecified atom stereocenters. The first-order valence-electron chi connectivity index (χ1n) is 6.34. The molecule has 2 aromatic rings. The molecule has 0 heterocycles. The minimum Gasteiger partial charge on any atom is -0.508 e. The van der Waals surface area contributed by atoms with Crippen molar-refractivity contribution in [1.29, 1.82) is 0 Å². The number of phenolic OH excluding ortho intramolecular Hbond substituents is 1. The average molecular weight is 353 g/mol. The maximum Gasteiger partial charge on any atom is 0.143 e. The highest BCUT2D eigenvalue weighted by Crippen LogP contribution is 2.43. The summed E-state index contributed by atoms with van der Waals surface area (Å²) in [5, 5.41) is 20.3. The van der Waals surface area contributed by atoms with E-state index in [1.165, 1.54) is 19.2 Å². The summed E-state index contributed by atoms with van der Waals surface area (Å²) in [6.45, 7) is 1.68. The van der Waals surface area contributed by atoms with Crippen molar-refractivity contribution in [3.8, 4) is 17.2 Å². The molecule has 5 heteroatoms. The second kappa shape index (κ2) is 5.95. The lowest BCUT2D eigenvalue weighted by molar-refractivity contribution is 0.0987. The van der Waals surface area contributed by atoms with Crippen molar-refractivity contribution < 1.29 is 19.7 Å². The molecule has 0 spiro atoms. The van der Waals surface area contributed by atoms with Gasteiger partial charge in [0.2, 0.25) is 0 Å². The van der Waals surface area contributed by atoms with Crippen LogP contribution < -0.4 is 9.47 Å². The van der Waals surface area contributed by atoms with Gasteiger partial charge in [-0.2, -0.15) is 0 Å². The Bertz CT molecular complexity index is 635. The van der Waals surface area contributed by atoms with Crippen molar-refractivity contribution in [1.82, 2.24) is 0 Å². The van der Waals surface area contributed by atoms with Crippen LogP contribution in [0.3, 0.4) is 0 Å². The van der Waals surface area contributed by atoms with Crippen LogP contribution in [0.5, 0.6) is 17.2 Å². The second-order valence-electron chi connectivity index (χ2n) is 4.78. The van der Waals surface area contributed by atoms with E-state index < -0.39 is 5.60 Å². The molecule has 0 amide bonds. The zero-order chi connectivity index (χ0) is 15.6. The molecule has 21 heavy (non-hydrogen) atoms. The minimum atomic E-state index is -1.27. The van der Waals surface area contributed by atoms with Gasteiger partial charge in [-0.05, 0) is 52.7 Å². The van der Waals surface area contributed by atoms with E-state index in [0.29, 0.717) is 27.1 Å². The van der Waals surface area contributed by atoms with Gasteiger partial charge in [-0.1, -0.05) is 12.1 Å². The Labute approximate surface area is 132 Å². The van der Waals surface area contributed by atoms with Crippen LogP contribution in [0.4, 0.5) is 0 Å². The lowest BCUT2D eigenvalue weighted by Crippen LogP contribution is -2.23. The third-order valence-electron chi connectivity index (χ3n) is 3.44. The fraction of sp³-hybridized carbons (Fsp3) is 0.250. The molecule has 0 radical (unpaired) electrons. The maximum atomic E-state index is 10.9. The molecule has 0 saturated heterocycles. The molecular weight excluding hydrogens is 336 g/mol. The van der Waals surface area contributed by atoms with Crippen molar-refractivity contribution in [2.45, 2.75) is 12.5 Å². The molecule has 0 aliphatic heterocycles. The molecule has 0 aromatic heterocycles. The Morgan fingerprint density at radius 1 is 1.00 bits per heavy atom. The van der Waals surface area contributed by atoms with E-state index in [4.69, 9.17) is 9.47 Å². The summed E-state index contributed by atoms with van der Waals surface area (Å²) in [7, 11) is 3.10. The van der Waals surface area contributed by atoms with Crippen LogP contribution in [0.25, 0.3) is 0 Å². The van der Waals surface area contributed by atoms with Crippen molar-refractivity contribution in [3.63, 3.8) is 0 Å². The van der Waals surface area contributed by atoms with Crippen LogP contribution >= 0.6 is 15.9 Å². The van der Waals surface area contributed by atoms with Crippen LogP contribution in [-0.2, 0) is 5.60 Å². The molecule has 0 bridgehead atoms. The molecule has 2 N–H and O–H groups in total. The summed E-state index contributed by atoms with van der Waals surface area (Å²) in [6.07, 6.45) is 0. The van der Waals surface area contributed by atoms with Gasteiger partial charge in [-0.15, -0.1) is 0 Å². The van der Waals surface area contributed by atoms with Crippen molar-refractivity contribution in [2.75, 3.05) is 14.2 Å². The number of hydrogen-bond acceptors (Lipinski definition) is 4. The van der Waals surface area contributed by atoms with Gasteiger partial charge in [-0.25, -0.2) is 0 Å². The fourth-order valence-corrected chi connectivity index (χ4v) is 2.89. The zero-order valence-corrected chi connectivity index (χ0v) is 13.6. The molecule has 112 valence electrons. The first kappa shape index (κ1) is 15.7. The lowest BCUT2D eigenvalue weighted by Gasteiger charge is -2.27. The van der Waals surface area contributed by atoms with E-state index >= 15 is 0 Å². The van der Waals surface area contributed by atoms with E-state index in [-0.39, 0.29) is 5.75 Å². The van der Waals surface area contributed by atoms with Crippen LogP contribution in [0, 0.1) is 0 Å². The normalized spacial score (nSPS) is 13.6. The number of hydrogen-bond donors (Lipinski definition) is 2.